The molecule has 1 heterocycles. The van der Waals surface area contributed by atoms with E-state index >= 15 is 0 Å². The van der Waals surface area contributed by atoms with E-state index in [-0.39, 0.29) is 40.6 Å². The highest BCUT2D eigenvalue weighted by atomic mass is 32.2. The van der Waals surface area contributed by atoms with E-state index in [0.29, 0.717) is 11.4 Å². The molecule has 28 heavy (non-hydrogen) atoms. The lowest BCUT2D eigenvalue weighted by Crippen LogP contribution is -2.39. The molecular weight excluding hydrogens is 380 g/mol. The zero-order valence-corrected chi connectivity index (χ0v) is 17.5. The Kier molecular flexibility index (Phi) is 5.44. The van der Waals surface area contributed by atoms with Crippen LogP contribution in [0.2, 0.25) is 0 Å². The maximum absolute atomic E-state index is 12.7. The summed E-state index contributed by atoms with van der Waals surface area (Å²) in [5.74, 6) is -0.923. The number of fused-ring (bicyclic) bond motifs is 2. The van der Waals surface area contributed by atoms with Gasteiger partial charge in [0.15, 0.2) is 6.61 Å². The first kappa shape index (κ1) is 20.6. The zero-order chi connectivity index (χ0) is 20.7. The number of rotatable bonds is 5. The maximum atomic E-state index is 12.7. The van der Waals surface area contributed by atoms with Gasteiger partial charge in [0.25, 0.3) is 11.6 Å². The van der Waals surface area contributed by atoms with Gasteiger partial charge in [-0.25, -0.2) is 4.79 Å². The Morgan fingerprint density at radius 3 is 2.68 bits per heavy atom. The molecule has 2 fully saturated rings. The van der Waals surface area contributed by atoms with Gasteiger partial charge >= 0.3 is 5.97 Å². The number of nitrogens with zero attached hydrogens (tertiary/aromatic N) is 2. The van der Waals surface area contributed by atoms with E-state index in [2.05, 4.69) is 20.8 Å². The Hall–Kier alpha value is -2.09. The van der Waals surface area contributed by atoms with Gasteiger partial charge in [0.05, 0.1) is 15.4 Å². The molecule has 0 spiro atoms. The SMILES string of the molecule is CSc1ccc(C(=O)OCC(=O)N2C[C@@]3(C)C[C@@H]2CC(C)(C)C3)cc1[N+](=O)[O-]. The molecule has 2 atom stereocenters. The summed E-state index contributed by atoms with van der Waals surface area (Å²) >= 11 is 1.23. The van der Waals surface area contributed by atoms with Crippen molar-refractivity contribution >= 4 is 29.3 Å². The van der Waals surface area contributed by atoms with Crippen LogP contribution in [0, 0.1) is 20.9 Å². The van der Waals surface area contributed by atoms with E-state index in [1.54, 1.807) is 6.26 Å². The number of esters is 1. The molecule has 152 valence electrons. The summed E-state index contributed by atoms with van der Waals surface area (Å²) in [6.45, 7) is 7.02. The molecule has 2 bridgehead atoms. The molecule has 3 rings (SSSR count). The Bertz CT molecular complexity index is 825. The minimum absolute atomic E-state index is 0.0746. The van der Waals surface area contributed by atoms with E-state index in [1.807, 2.05) is 4.90 Å². The Balaban J connectivity index is 1.65. The van der Waals surface area contributed by atoms with Crippen molar-refractivity contribution in [3.05, 3.63) is 33.9 Å². The van der Waals surface area contributed by atoms with Crippen LogP contribution in [-0.4, -0.2) is 47.1 Å². The molecular formula is C20H26N2O5S. The molecule has 1 aliphatic heterocycles. The molecule has 0 radical (unpaired) electrons. The zero-order valence-electron chi connectivity index (χ0n) is 16.7. The second kappa shape index (κ2) is 7.39. The number of carbonyl (C=O) groups excluding carboxylic acids is 2. The number of nitro benzene ring substituents is 1. The summed E-state index contributed by atoms with van der Waals surface area (Å²) < 4.78 is 5.18. The third-order valence-electron chi connectivity index (χ3n) is 5.67. The lowest BCUT2D eigenvalue weighted by molar-refractivity contribution is -0.387. The van der Waals surface area contributed by atoms with E-state index in [4.69, 9.17) is 4.74 Å². The number of benzene rings is 1. The molecule has 1 aromatic carbocycles. The average Bonchev–Trinajstić information content (AvgIpc) is 2.87. The maximum Gasteiger partial charge on any atom is 0.338 e. The van der Waals surface area contributed by atoms with Crippen LogP contribution in [0.25, 0.3) is 0 Å². The lowest BCUT2D eigenvalue weighted by Gasteiger charge is -2.39. The average molecular weight is 407 g/mol. The Morgan fingerprint density at radius 1 is 1.32 bits per heavy atom. The minimum Gasteiger partial charge on any atom is -0.452 e. The first-order valence-corrected chi connectivity index (χ1v) is 10.6. The van der Waals surface area contributed by atoms with Crippen LogP contribution < -0.4 is 0 Å². The van der Waals surface area contributed by atoms with Crippen molar-refractivity contribution in [1.82, 2.24) is 4.90 Å². The van der Waals surface area contributed by atoms with Gasteiger partial charge in [0.1, 0.15) is 0 Å². The summed E-state index contributed by atoms with van der Waals surface area (Å²) in [6, 6.07) is 4.39. The molecule has 1 aliphatic carbocycles. The van der Waals surface area contributed by atoms with Gasteiger partial charge in [-0.3, -0.25) is 14.9 Å². The predicted molar refractivity (Wildman–Crippen MR) is 106 cm³/mol. The molecule has 0 unspecified atom stereocenters. The highest BCUT2D eigenvalue weighted by molar-refractivity contribution is 7.98. The van der Waals surface area contributed by atoms with Crippen LogP contribution in [0.4, 0.5) is 5.69 Å². The Morgan fingerprint density at radius 2 is 2.04 bits per heavy atom. The van der Waals surface area contributed by atoms with E-state index in [9.17, 15) is 19.7 Å². The first-order valence-electron chi connectivity index (χ1n) is 9.33. The van der Waals surface area contributed by atoms with E-state index in [0.717, 1.165) is 19.3 Å². The van der Waals surface area contributed by atoms with Crippen molar-refractivity contribution in [3.8, 4) is 0 Å². The number of thioether (sulfide) groups is 1. The van der Waals surface area contributed by atoms with Gasteiger partial charge < -0.3 is 9.64 Å². The van der Waals surface area contributed by atoms with Crippen LogP contribution in [0.15, 0.2) is 23.1 Å². The predicted octanol–water partition coefficient (Wildman–Crippen LogP) is 3.90. The molecule has 0 N–H and O–H groups in total. The van der Waals surface area contributed by atoms with Gasteiger partial charge in [0.2, 0.25) is 0 Å². The Labute approximate surface area is 169 Å². The smallest absolute Gasteiger partial charge is 0.338 e. The lowest BCUT2D eigenvalue weighted by atomic mass is 9.65. The van der Waals surface area contributed by atoms with Crippen LogP contribution in [0.3, 0.4) is 0 Å². The highest BCUT2D eigenvalue weighted by Crippen LogP contribution is 2.52. The number of amides is 1. The molecule has 1 saturated heterocycles. The fraction of sp³-hybridized carbons (Fsp3) is 0.600. The molecule has 1 amide bonds. The summed E-state index contributed by atoms with van der Waals surface area (Å²) in [5.41, 5.74) is 0.240. The van der Waals surface area contributed by atoms with E-state index < -0.39 is 10.9 Å². The molecule has 7 nitrogen and oxygen atoms in total. The number of carbonyl (C=O) groups is 2. The van der Waals surface area contributed by atoms with Crippen LogP contribution in [-0.2, 0) is 9.53 Å². The quantitative estimate of drug-likeness (QED) is 0.319. The van der Waals surface area contributed by atoms with Gasteiger partial charge in [-0.05, 0) is 48.5 Å². The monoisotopic (exact) mass is 406 g/mol. The number of nitro groups is 1. The van der Waals surface area contributed by atoms with E-state index in [1.165, 1.54) is 30.0 Å². The summed E-state index contributed by atoms with van der Waals surface area (Å²) in [7, 11) is 0. The third kappa shape index (κ3) is 4.16. The van der Waals surface area contributed by atoms with Crippen LogP contribution >= 0.6 is 11.8 Å². The second-order valence-electron chi connectivity index (χ2n) is 8.96. The molecule has 1 saturated carbocycles. The summed E-state index contributed by atoms with van der Waals surface area (Å²) in [5, 5.41) is 11.2. The van der Waals surface area contributed by atoms with Gasteiger partial charge in [-0.15, -0.1) is 11.8 Å². The normalized spacial score (nSPS) is 25.4. The number of hydrogen-bond donors (Lipinski definition) is 0. The van der Waals surface area contributed by atoms with Crippen molar-refractivity contribution < 1.29 is 19.2 Å². The van der Waals surface area contributed by atoms with Crippen molar-refractivity contribution in [1.29, 1.82) is 0 Å². The van der Waals surface area contributed by atoms with Crippen molar-refractivity contribution in [2.24, 2.45) is 10.8 Å². The van der Waals surface area contributed by atoms with Crippen molar-refractivity contribution in [2.75, 3.05) is 19.4 Å². The van der Waals surface area contributed by atoms with Gasteiger partial charge in [0, 0.05) is 18.7 Å². The summed E-state index contributed by atoms with van der Waals surface area (Å²) in [6.07, 6.45) is 4.74. The fourth-order valence-corrected chi connectivity index (χ4v) is 5.55. The van der Waals surface area contributed by atoms with Crippen LogP contribution in [0.5, 0.6) is 0 Å². The number of hydrogen-bond acceptors (Lipinski definition) is 6. The molecule has 0 aromatic heterocycles. The van der Waals surface area contributed by atoms with Crippen LogP contribution in [0.1, 0.15) is 50.4 Å². The highest BCUT2D eigenvalue weighted by Gasteiger charge is 2.50. The second-order valence-corrected chi connectivity index (χ2v) is 9.80. The first-order chi connectivity index (χ1) is 13.0. The standard InChI is InChI=1S/C20H26N2O5S/c1-19(2)8-14-9-20(3,11-19)12-21(14)17(23)10-27-18(24)13-5-6-16(28-4)15(7-13)22(25)26/h5-7,14H,8-12H2,1-4H3/t14-,20-/m0/s1. The molecule has 1 aromatic rings. The molecule has 8 heteroatoms. The summed E-state index contributed by atoms with van der Waals surface area (Å²) in [4.78, 5) is 38.0. The largest absolute Gasteiger partial charge is 0.452 e. The van der Waals surface area contributed by atoms with Crippen molar-refractivity contribution in [3.63, 3.8) is 0 Å². The number of likely N-dealkylation sites (tertiary alicyclic amines) is 1. The van der Waals surface area contributed by atoms with Crippen molar-refractivity contribution in [2.45, 2.75) is 51.0 Å². The number of ether oxygens (including phenoxy) is 1. The van der Waals surface area contributed by atoms with Gasteiger partial charge in [-0.1, -0.05) is 20.8 Å². The minimum atomic E-state index is -0.724. The fourth-order valence-electron chi connectivity index (χ4n) is 5.00. The third-order valence-corrected chi connectivity index (χ3v) is 6.46. The molecule has 2 aliphatic rings. The topological polar surface area (TPSA) is 89.8 Å². The van der Waals surface area contributed by atoms with Gasteiger partial charge in [-0.2, -0.15) is 0 Å².